The third-order valence-corrected chi connectivity index (χ3v) is 16.3. The molecule has 0 saturated heterocycles. The third kappa shape index (κ3) is 8.80. The Morgan fingerprint density at radius 2 is 1.32 bits per heavy atom. The predicted octanol–water partition coefficient (Wildman–Crippen LogP) is 17.3. The minimum absolute atomic E-state index is 0. The molecule has 341 valence electrons. The van der Waals surface area contributed by atoms with E-state index in [0.717, 1.165) is 49.3 Å². The van der Waals surface area contributed by atoms with Gasteiger partial charge in [0, 0.05) is 38.1 Å². The molecule has 68 heavy (non-hydrogen) atoms. The maximum Gasteiger partial charge on any atom is 0.0795 e. The SMILES string of the molecule is C[Si](C)(C)c1ccc(-c2[c-]cccc2)nc1.[2H]C(C)(C)c1c[c-]c(-c2nc3ccccc3n2-c2c(C(C)C)cc(-c3ccccc3)cc2C(C)C)c2sc3cc4c(ccc5ccccc54)cc3c12.[Ir]. The standard InChI is InChI=1S/C48H41N2S.C14H16NSi.Ir/c1-28(2)35-22-23-37(47-45(35)41-24-33-21-20-32-16-10-11-17-36(32)40(33)27-44(41)51-47)48-49-42-18-12-13-19-43(42)50(48)46-38(29(3)4)25-34(26-39(46)30(5)6)31-14-8-7-9-15-31;1-16(2,3)13-9-10-14(15-11-13)12-7-5-4-6-8-12;/h7-22,24-30H,1-6H3;4-7,9-11H,1-3H3;/q2*-1;/i28D;;. The summed E-state index contributed by atoms with van der Waals surface area (Å²) in [6, 6.07) is 63.1. The summed E-state index contributed by atoms with van der Waals surface area (Å²) < 4.78 is 14.0. The van der Waals surface area contributed by atoms with Crippen LogP contribution in [0.2, 0.25) is 19.6 Å². The monoisotopic (exact) mass is 1100 g/mol. The first-order valence-electron chi connectivity index (χ1n) is 24.0. The number of imidazole rings is 1. The molecule has 0 amide bonds. The molecular formula is C62H57IrN3SSi-2. The van der Waals surface area contributed by atoms with Gasteiger partial charge in [-0.25, -0.2) is 0 Å². The van der Waals surface area contributed by atoms with E-state index >= 15 is 0 Å². The van der Waals surface area contributed by atoms with Crippen molar-refractivity contribution in [1.82, 2.24) is 14.5 Å². The molecule has 0 aliphatic rings. The maximum absolute atomic E-state index is 9.28. The Balaban J connectivity index is 0.000000296. The molecule has 3 nitrogen and oxygen atoms in total. The molecule has 0 spiro atoms. The van der Waals surface area contributed by atoms with Crippen LogP contribution in [0.5, 0.6) is 0 Å². The van der Waals surface area contributed by atoms with Gasteiger partial charge in [0.2, 0.25) is 0 Å². The molecule has 3 heterocycles. The largest absolute Gasteiger partial charge is 0.333 e. The number of nitrogens with zero attached hydrogens (tertiary/aromatic N) is 3. The predicted molar refractivity (Wildman–Crippen MR) is 292 cm³/mol. The Bertz CT molecular complexity index is 3610. The van der Waals surface area contributed by atoms with Crippen LogP contribution in [0.1, 0.15) is 77.3 Å². The first-order chi connectivity index (χ1) is 32.7. The van der Waals surface area contributed by atoms with Crippen LogP contribution < -0.4 is 5.19 Å². The second-order valence-corrected chi connectivity index (χ2v) is 25.8. The number of pyridine rings is 1. The summed E-state index contributed by atoms with van der Waals surface area (Å²) in [6.07, 6.45) is 2.02. The maximum atomic E-state index is 9.28. The zero-order valence-electron chi connectivity index (χ0n) is 41.3. The average molecular weight is 1100 g/mol. The van der Waals surface area contributed by atoms with E-state index in [2.05, 4.69) is 202 Å². The van der Waals surface area contributed by atoms with Crippen LogP contribution in [-0.2, 0) is 20.1 Å². The van der Waals surface area contributed by atoms with Crippen LogP contribution >= 0.6 is 11.3 Å². The van der Waals surface area contributed by atoms with Gasteiger partial charge in [-0.1, -0.05) is 169 Å². The molecular weight excluding hydrogens is 1040 g/mol. The molecule has 0 bridgehead atoms. The van der Waals surface area contributed by atoms with Crippen molar-refractivity contribution in [2.75, 3.05) is 0 Å². The molecule has 11 rings (SSSR count). The van der Waals surface area contributed by atoms with Gasteiger partial charge >= 0.3 is 0 Å². The van der Waals surface area contributed by atoms with E-state index in [9.17, 15) is 1.37 Å². The van der Waals surface area contributed by atoms with E-state index in [4.69, 9.17) is 4.98 Å². The number of benzene rings is 8. The molecule has 0 unspecified atom stereocenters. The number of aromatic nitrogens is 3. The fraction of sp³-hybridized carbons (Fsp3) is 0.194. The Morgan fingerprint density at radius 3 is 2.00 bits per heavy atom. The van der Waals surface area contributed by atoms with E-state index in [1.807, 2.05) is 44.3 Å². The summed E-state index contributed by atoms with van der Waals surface area (Å²) >= 11 is 1.80. The second-order valence-electron chi connectivity index (χ2n) is 19.6. The van der Waals surface area contributed by atoms with Crippen LogP contribution in [0.15, 0.2) is 164 Å². The van der Waals surface area contributed by atoms with Crippen molar-refractivity contribution in [3.8, 4) is 39.5 Å². The number of thiophene rings is 1. The fourth-order valence-corrected chi connectivity index (χ4v) is 11.7. The fourth-order valence-electron chi connectivity index (χ4n) is 9.47. The van der Waals surface area contributed by atoms with E-state index in [1.54, 1.807) is 11.3 Å². The van der Waals surface area contributed by atoms with Crippen LogP contribution in [-0.4, -0.2) is 22.6 Å². The number of hydrogen-bond donors (Lipinski definition) is 0. The van der Waals surface area contributed by atoms with Crippen molar-refractivity contribution in [2.24, 2.45) is 0 Å². The topological polar surface area (TPSA) is 30.7 Å². The zero-order valence-corrected chi connectivity index (χ0v) is 44.5. The number of para-hydroxylation sites is 2. The Labute approximate surface area is 421 Å². The quantitative estimate of drug-likeness (QED) is 0.0862. The molecule has 3 aromatic heterocycles. The molecule has 0 atom stereocenters. The third-order valence-electron chi connectivity index (χ3n) is 13.1. The van der Waals surface area contributed by atoms with Crippen molar-refractivity contribution < 1.29 is 21.5 Å². The van der Waals surface area contributed by atoms with Crippen LogP contribution in [0.3, 0.4) is 0 Å². The first-order valence-corrected chi connectivity index (χ1v) is 27.9. The van der Waals surface area contributed by atoms with Crippen LogP contribution in [0.4, 0.5) is 0 Å². The van der Waals surface area contributed by atoms with E-state index < -0.39 is 14.0 Å². The van der Waals surface area contributed by atoms with E-state index in [-0.39, 0.29) is 31.9 Å². The number of fused-ring (bicyclic) bond motifs is 7. The summed E-state index contributed by atoms with van der Waals surface area (Å²) in [7, 11) is -1.23. The molecule has 0 fully saturated rings. The molecule has 6 heteroatoms. The van der Waals surface area contributed by atoms with Crippen molar-refractivity contribution in [1.29, 1.82) is 0 Å². The summed E-state index contributed by atoms with van der Waals surface area (Å²) in [5.41, 5.74) is 12.3. The average Bonchev–Trinajstić information content (AvgIpc) is 3.91. The molecule has 0 aliphatic carbocycles. The molecule has 0 N–H and O–H groups in total. The van der Waals surface area contributed by atoms with Gasteiger partial charge in [0.1, 0.15) is 0 Å². The Hall–Kier alpha value is -6.01. The normalized spacial score (nSPS) is 12.2. The van der Waals surface area contributed by atoms with E-state index in [0.29, 0.717) is 0 Å². The van der Waals surface area contributed by atoms with E-state index in [1.165, 1.54) is 64.8 Å². The van der Waals surface area contributed by atoms with Gasteiger partial charge in [-0.3, -0.25) is 4.98 Å². The van der Waals surface area contributed by atoms with Crippen LogP contribution in [0, 0.1) is 12.1 Å². The van der Waals surface area contributed by atoms with Gasteiger partial charge < -0.3 is 9.55 Å². The zero-order chi connectivity index (χ0) is 47.5. The molecule has 8 aromatic carbocycles. The second kappa shape index (κ2) is 19.2. The van der Waals surface area contributed by atoms with Gasteiger partial charge in [-0.2, -0.15) is 11.3 Å². The number of rotatable bonds is 8. The smallest absolute Gasteiger partial charge is 0.0795 e. The Morgan fingerprint density at radius 1 is 0.632 bits per heavy atom. The van der Waals surface area contributed by atoms with Gasteiger partial charge in [0.05, 0.1) is 24.9 Å². The van der Waals surface area contributed by atoms with Gasteiger partial charge in [0.25, 0.3) is 0 Å². The molecule has 0 saturated carbocycles. The minimum atomic E-state index is -1.23. The van der Waals surface area contributed by atoms with Gasteiger partial charge in [-0.05, 0) is 113 Å². The first kappa shape index (κ1) is 45.8. The minimum Gasteiger partial charge on any atom is -0.333 e. The van der Waals surface area contributed by atoms with Crippen molar-refractivity contribution in [3.05, 3.63) is 193 Å². The summed E-state index contributed by atoms with van der Waals surface area (Å²) in [4.78, 5) is 9.96. The molecule has 1 radical (unpaired) electrons. The van der Waals surface area contributed by atoms with Crippen molar-refractivity contribution in [2.45, 2.75) is 78.9 Å². The number of hydrogen-bond acceptors (Lipinski definition) is 3. The van der Waals surface area contributed by atoms with Crippen molar-refractivity contribution >= 4 is 77.3 Å². The van der Waals surface area contributed by atoms with Crippen LogP contribution in [0.25, 0.3) is 92.2 Å². The molecule has 0 aliphatic heterocycles. The van der Waals surface area contributed by atoms with Gasteiger partial charge in [0.15, 0.2) is 0 Å². The summed E-state index contributed by atoms with van der Waals surface area (Å²) in [5.74, 6) is 0.612. The summed E-state index contributed by atoms with van der Waals surface area (Å²) in [5, 5.41) is 8.68. The van der Waals surface area contributed by atoms with Crippen molar-refractivity contribution in [3.63, 3.8) is 0 Å². The summed E-state index contributed by atoms with van der Waals surface area (Å²) in [6.45, 7) is 20.2. The molecule has 11 aromatic rings. The van der Waals surface area contributed by atoms with Gasteiger partial charge in [-0.15, -0.1) is 53.6 Å². The Kier molecular flexibility index (Phi) is 12.9.